The second-order valence-corrected chi connectivity index (χ2v) is 9.18. The minimum absolute atomic E-state index is 0.117. The number of nitrogens with zero attached hydrogens (tertiary/aromatic N) is 3. The Morgan fingerprint density at radius 2 is 1.88 bits per heavy atom. The monoisotopic (exact) mass is 456 g/mol. The van der Waals surface area contributed by atoms with E-state index in [1.807, 2.05) is 11.6 Å². The second-order valence-electron chi connectivity index (χ2n) is 7.50. The van der Waals surface area contributed by atoms with Crippen LogP contribution in [0.15, 0.2) is 71.9 Å². The number of hydrogen-bond acceptors (Lipinski definition) is 6. The van der Waals surface area contributed by atoms with E-state index in [-0.39, 0.29) is 30.6 Å². The number of anilines is 1. The maximum Gasteiger partial charge on any atom is 0.261 e. The average Bonchev–Trinajstić information content (AvgIpc) is 3.20. The molecule has 0 aliphatic carbocycles. The number of carbonyl (C=O) groups excluding carboxylic acids is 1. The number of hydrogen-bond donors (Lipinski definition) is 2. The van der Waals surface area contributed by atoms with Gasteiger partial charge in [-0.2, -0.15) is 0 Å². The lowest BCUT2D eigenvalue weighted by atomic mass is 9.99. The van der Waals surface area contributed by atoms with Gasteiger partial charge in [0, 0.05) is 25.1 Å². The number of benzene rings is 2. The zero-order valence-electron chi connectivity index (χ0n) is 17.5. The van der Waals surface area contributed by atoms with Gasteiger partial charge < -0.3 is 19.3 Å². The summed E-state index contributed by atoms with van der Waals surface area (Å²) in [5.41, 5.74) is 1.12. The fourth-order valence-electron chi connectivity index (χ4n) is 3.68. The summed E-state index contributed by atoms with van der Waals surface area (Å²) in [4.78, 5) is 18.5. The number of imidazole rings is 1. The number of aliphatic hydroxyl groups excluding tert-OH is 1. The Labute approximate surface area is 186 Å². The number of rotatable bonds is 7. The van der Waals surface area contributed by atoms with Crippen molar-refractivity contribution in [3.63, 3.8) is 0 Å². The molecule has 0 unspecified atom stereocenters. The van der Waals surface area contributed by atoms with Crippen LogP contribution in [0, 0.1) is 0 Å². The quantitative estimate of drug-likeness (QED) is 0.559. The van der Waals surface area contributed by atoms with E-state index in [0.717, 1.165) is 5.56 Å². The molecule has 32 heavy (non-hydrogen) atoms. The molecule has 1 aromatic heterocycles. The van der Waals surface area contributed by atoms with Crippen molar-refractivity contribution in [2.24, 2.45) is 7.05 Å². The highest BCUT2D eigenvalue weighted by Crippen LogP contribution is 2.31. The highest BCUT2D eigenvalue weighted by atomic mass is 32.2. The first-order chi connectivity index (χ1) is 15.4. The van der Waals surface area contributed by atoms with Crippen LogP contribution in [-0.2, 0) is 33.1 Å². The maximum atomic E-state index is 12.5. The first-order valence-electron chi connectivity index (χ1n) is 10.0. The van der Waals surface area contributed by atoms with E-state index < -0.39 is 22.2 Å². The summed E-state index contributed by atoms with van der Waals surface area (Å²) in [6.45, 7) is -0.153. The maximum absolute atomic E-state index is 12.5. The second kappa shape index (κ2) is 9.11. The molecule has 1 saturated heterocycles. The third-order valence-corrected chi connectivity index (χ3v) is 6.82. The Balaban J connectivity index is 1.52. The number of amides is 1. The van der Waals surface area contributed by atoms with Crippen molar-refractivity contribution < 1.29 is 23.1 Å². The summed E-state index contributed by atoms with van der Waals surface area (Å²) >= 11 is 0. The molecule has 168 valence electrons. The van der Waals surface area contributed by atoms with Crippen molar-refractivity contribution >= 4 is 21.6 Å². The van der Waals surface area contributed by atoms with E-state index in [9.17, 15) is 18.3 Å². The Bertz CT molecular complexity index is 1180. The van der Waals surface area contributed by atoms with Crippen molar-refractivity contribution in [1.29, 1.82) is 0 Å². The molecule has 2 N–H and O–H groups in total. The first-order valence-corrected chi connectivity index (χ1v) is 11.5. The molecule has 0 radical (unpaired) electrons. The van der Waals surface area contributed by atoms with Crippen molar-refractivity contribution in [2.75, 3.05) is 17.9 Å². The van der Waals surface area contributed by atoms with E-state index in [0.29, 0.717) is 11.5 Å². The third kappa shape index (κ3) is 4.52. The molecule has 1 aliphatic rings. The standard InChI is InChI=1S/C22H24N4O5S/c1-25-12-11-23-20(25)13-26-19(14-27)22(31-15-21(26)28)16-7-9-17(10-8-16)24-32(29,30)18-5-3-2-4-6-18/h2-12,19,22,24,27H,13-15H2,1H3/t19-,22-/m1/s1. The molecule has 0 bridgehead atoms. The molecule has 1 aliphatic heterocycles. The Kier molecular flexibility index (Phi) is 6.26. The molecule has 3 aromatic rings. The molecule has 2 heterocycles. The number of aliphatic hydroxyl groups is 1. The van der Waals surface area contributed by atoms with Crippen LogP contribution in [-0.4, -0.2) is 53.1 Å². The summed E-state index contributed by atoms with van der Waals surface area (Å²) < 4.78 is 35.2. The summed E-state index contributed by atoms with van der Waals surface area (Å²) in [5, 5.41) is 10.0. The minimum Gasteiger partial charge on any atom is -0.394 e. The molecule has 2 atom stereocenters. The summed E-state index contributed by atoms with van der Waals surface area (Å²) in [5.74, 6) is 0.471. The number of morpholine rings is 1. The van der Waals surface area contributed by atoms with Crippen molar-refractivity contribution in [3.05, 3.63) is 78.4 Å². The summed E-state index contributed by atoms with van der Waals surface area (Å²) in [6, 6.07) is 14.2. The number of carbonyl (C=O) groups is 1. The smallest absolute Gasteiger partial charge is 0.261 e. The lowest BCUT2D eigenvalue weighted by molar-refractivity contribution is -0.162. The van der Waals surface area contributed by atoms with Gasteiger partial charge in [-0.1, -0.05) is 30.3 Å². The lowest BCUT2D eigenvalue weighted by Crippen LogP contribution is -2.52. The minimum atomic E-state index is -3.70. The highest BCUT2D eigenvalue weighted by Gasteiger charge is 2.37. The largest absolute Gasteiger partial charge is 0.394 e. The van der Waals surface area contributed by atoms with Crippen LogP contribution in [0.5, 0.6) is 0 Å². The van der Waals surface area contributed by atoms with Crippen LogP contribution in [0.3, 0.4) is 0 Å². The normalized spacial score (nSPS) is 19.2. The first kappa shape index (κ1) is 22.0. The van der Waals surface area contributed by atoms with Gasteiger partial charge in [-0.05, 0) is 29.8 Å². The van der Waals surface area contributed by atoms with Crippen molar-refractivity contribution in [2.45, 2.75) is 23.6 Å². The van der Waals surface area contributed by atoms with Crippen LogP contribution in [0.4, 0.5) is 5.69 Å². The number of aromatic nitrogens is 2. The van der Waals surface area contributed by atoms with Crippen LogP contribution >= 0.6 is 0 Å². The van der Waals surface area contributed by atoms with E-state index in [2.05, 4.69) is 9.71 Å². The predicted molar refractivity (Wildman–Crippen MR) is 117 cm³/mol. The van der Waals surface area contributed by atoms with Crippen molar-refractivity contribution in [3.8, 4) is 0 Å². The van der Waals surface area contributed by atoms with Gasteiger partial charge in [0.25, 0.3) is 10.0 Å². The van der Waals surface area contributed by atoms with Gasteiger partial charge >= 0.3 is 0 Å². The third-order valence-electron chi connectivity index (χ3n) is 5.42. The highest BCUT2D eigenvalue weighted by molar-refractivity contribution is 7.92. The van der Waals surface area contributed by atoms with E-state index in [4.69, 9.17) is 4.74 Å². The molecule has 0 spiro atoms. The molecule has 10 heteroatoms. The average molecular weight is 457 g/mol. The van der Waals surface area contributed by atoms with Gasteiger partial charge in [-0.25, -0.2) is 13.4 Å². The van der Waals surface area contributed by atoms with Gasteiger partial charge in [0.2, 0.25) is 5.91 Å². The molecular formula is C22H24N4O5S. The molecule has 4 rings (SSSR count). The summed E-state index contributed by atoms with van der Waals surface area (Å²) in [6.07, 6.45) is 2.89. The predicted octanol–water partition coefficient (Wildman–Crippen LogP) is 1.68. The van der Waals surface area contributed by atoms with Crippen LogP contribution in [0.1, 0.15) is 17.5 Å². The SMILES string of the molecule is Cn1ccnc1CN1C(=O)CO[C@H](c2ccc(NS(=O)(=O)c3ccccc3)cc2)[C@H]1CO. The zero-order chi connectivity index (χ0) is 22.7. The van der Waals surface area contributed by atoms with Gasteiger partial charge in [-0.3, -0.25) is 9.52 Å². The topological polar surface area (TPSA) is 114 Å². The Morgan fingerprint density at radius 1 is 1.16 bits per heavy atom. The van der Waals surface area contributed by atoms with Gasteiger partial charge in [-0.15, -0.1) is 0 Å². The number of sulfonamides is 1. The van der Waals surface area contributed by atoms with E-state index in [1.165, 1.54) is 12.1 Å². The van der Waals surface area contributed by atoms with E-state index >= 15 is 0 Å². The molecule has 1 amide bonds. The Hall–Kier alpha value is -3.21. The Morgan fingerprint density at radius 3 is 2.50 bits per heavy atom. The van der Waals surface area contributed by atoms with Crippen LogP contribution < -0.4 is 4.72 Å². The fraction of sp³-hybridized carbons (Fsp3) is 0.273. The van der Waals surface area contributed by atoms with Crippen LogP contribution in [0.25, 0.3) is 0 Å². The zero-order valence-corrected chi connectivity index (χ0v) is 18.3. The molecule has 1 fully saturated rings. The van der Waals surface area contributed by atoms with Gasteiger partial charge in [0.05, 0.1) is 24.1 Å². The molecule has 0 saturated carbocycles. The molecule has 9 nitrogen and oxygen atoms in total. The number of ether oxygens (including phenoxy) is 1. The van der Waals surface area contributed by atoms with Gasteiger partial charge in [0.15, 0.2) is 0 Å². The number of nitrogens with one attached hydrogen (secondary N) is 1. The summed E-state index contributed by atoms with van der Waals surface area (Å²) in [7, 11) is -1.86. The number of aryl methyl sites for hydroxylation is 1. The van der Waals surface area contributed by atoms with Gasteiger partial charge in [0.1, 0.15) is 18.5 Å². The molecular weight excluding hydrogens is 432 g/mol. The fourth-order valence-corrected chi connectivity index (χ4v) is 4.76. The lowest BCUT2D eigenvalue weighted by Gasteiger charge is -2.40. The van der Waals surface area contributed by atoms with E-state index in [1.54, 1.807) is 59.8 Å². The van der Waals surface area contributed by atoms with Crippen LogP contribution in [0.2, 0.25) is 0 Å². The van der Waals surface area contributed by atoms with Crippen molar-refractivity contribution in [1.82, 2.24) is 14.5 Å². The molecule has 2 aromatic carbocycles.